The van der Waals surface area contributed by atoms with Crippen molar-refractivity contribution < 1.29 is 19.4 Å². The van der Waals surface area contributed by atoms with E-state index in [9.17, 15) is 25.0 Å². The van der Waals surface area contributed by atoms with Crippen molar-refractivity contribution in [2.45, 2.75) is 24.9 Å². The average molecular weight is 358 g/mol. The van der Waals surface area contributed by atoms with Crippen LogP contribution in [0, 0.1) is 20.2 Å². The molecule has 0 fully saturated rings. The van der Waals surface area contributed by atoms with Gasteiger partial charge >= 0.3 is 12.0 Å². The molecule has 8 heteroatoms. The summed E-state index contributed by atoms with van der Waals surface area (Å²) in [5, 5.41) is 23.5. The molecule has 0 bridgehead atoms. The smallest absolute Gasteiger partial charge is 0.382 e. The van der Waals surface area contributed by atoms with E-state index in [1.54, 1.807) is 48.5 Å². The maximum absolute atomic E-state index is 12.3. The van der Waals surface area contributed by atoms with E-state index in [-0.39, 0.29) is 12.2 Å². The molecule has 2 aromatic rings. The van der Waals surface area contributed by atoms with Crippen LogP contribution in [0.5, 0.6) is 0 Å². The normalized spacial score (nSPS) is 14.0. The third kappa shape index (κ3) is 4.21. The maximum atomic E-state index is 12.3. The lowest BCUT2D eigenvalue weighted by atomic mass is 9.82. The summed E-state index contributed by atoms with van der Waals surface area (Å²) in [5.41, 5.74) is 0.607. The zero-order chi connectivity index (χ0) is 19.1. The van der Waals surface area contributed by atoms with Crippen molar-refractivity contribution in [3.63, 3.8) is 0 Å². The van der Waals surface area contributed by atoms with Gasteiger partial charge in [0.2, 0.25) is 0 Å². The average Bonchev–Trinajstić information content (AvgIpc) is 2.62. The van der Waals surface area contributed by atoms with Crippen LogP contribution in [-0.2, 0) is 9.53 Å². The van der Waals surface area contributed by atoms with Gasteiger partial charge in [-0.15, -0.1) is 0 Å². The van der Waals surface area contributed by atoms with Crippen LogP contribution < -0.4 is 0 Å². The van der Waals surface area contributed by atoms with Gasteiger partial charge in [0.15, 0.2) is 0 Å². The van der Waals surface area contributed by atoms with Crippen LogP contribution in [0.1, 0.15) is 30.0 Å². The lowest BCUT2D eigenvalue weighted by Crippen LogP contribution is -2.41. The summed E-state index contributed by atoms with van der Waals surface area (Å²) in [4.78, 5) is 34.4. The predicted molar refractivity (Wildman–Crippen MR) is 92.8 cm³/mol. The molecule has 0 amide bonds. The van der Waals surface area contributed by atoms with E-state index >= 15 is 0 Å². The first kappa shape index (κ1) is 19.0. The van der Waals surface area contributed by atoms with Gasteiger partial charge in [-0.1, -0.05) is 60.7 Å². The molecule has 0 aliphatic carbocycles. The Morgan fingerprint density at radius 2 is 1.42 bits per heavy atom. The van der Waals surface area contributed by atoms with Crippen LogP contribution in [0.2, 0.25) is 0 Å². The minimum absolute atomic E-state index is 0.0564. The van der Waals surface area contributed by atoms with Crippen molar-refractivity contribution in [1.82, 2.24) is 0 Å². The Kier molecular flexibility index (Phi) is 6.37. The summed E-state index contributed by atoms with van der Waals surface area (Å²) < 4.78 is 4.83. The number of carbonyl (C=O) groups is 1. The lowest BCUT2D eigenvalue weighted by molar-refractivity contribution is -0.564. The van der Waals surface area contributed by atoms with Crippen molar-refractivity contribution in [2.75, 3.05) is 6.61 Å². The van der Waals surface area contributed by atoms with Crippen LogP contribution in [0.4, 0.5) is 0 Å². The highest BCUT2D eigenvalue weighted by atomic mass is 16.6. The van der Waals surface area contributed by atoms with E-state index in [4.69, 9.17) is 4.74 Å². The molecule has 3 atom stereocenters. The van der Waals surface area contributed by atoms with Crippen molar-refractivity contribution >= 4 is 5.97 Å². The highest BCUT2D eigenvalue weighted by Gasteiger charge is 2.51. The SMILES string of the molecule is CCOC(=O)C(C(c1ccccc1)C(c1ccccc1)[N+](=O)[O-])[N+](=O)[O-]. The third-order valence-corrected chi connectivity index (χ3v) is 3.99. The summed E-state index contributed by atoms with van der Waals surface area (Å²) >= 11 is 0. The Bertz CT molecular complexity index is 766. The molecule has 2 rings (SSSR count). The number of ether oxygens (including phenoxy) is 1. The minimum atomic E-state index is -1.90. The van der Waals surface area contributed by atoms with Gasteiger partial charge in [-0.05, 0) is 12.5 Å². The molecule has 8 nitrogen and oxygen atoms in total. The molecule has 0 saturated heterocycles. The number of benzene rings is 2. The Morgan fingerprint density at radius 3 is 1.85 bits per heavy atom. The number of esters is 1. The summed E-state index contributed by atoms with van der Waals surface area (Å²) in [6.07, 6.45) is 0. The van der Waals surface area contributed by atoms with Gasteiger partial charge in [0, 0.05) is 15.4 Å². The van der Waals surface area contributed by atoms with E-state index in [0.29, 0.717) is 5.56 Å². The first-order valence-electron chi connectivity index (χ1n) is 8.00. The number of hydrogen-bond donors (Lipinski definition) is 0. The molecule has 0 aromatic heterocycles. The molecule has 2 aromatic carbocycles. The zero-order valence-corrected chi connectivity index (χ0v) is 14.1. The predicted octanol–water partition coefficient (Wildman–Crippen LogP) is 3.00. The minimum Gasteiger partial charge on any atom is -0.461 e. The fraction of sp³-hybridized carbons (Fsp3) is 0.278. The molecule has 0 radical (unpaired) electrons. The fourth-order valence-corrected chi connectivity index (χ4v) is 2.91. The Labute approximate surface area is 149 Å². The molecule has 136 valence electrons. The summed E-state index contributed by atoms with van der Waals surface area (Å²) in [5.74, 6) is -2.41. The van der Waals surface area contributed by atoms with Crippen LogP contribution in [-0.4, -0.2) is 28.5 Å². The van der Waals surface area contributed by atoms with Gasteiger partial charge in [0.1, 0.15) is 5.92 Å². The van der Waals surface area contributed by atoms with Crippen LogP contribution in [0.25, 0.3) is 0 Å². The van der Waals surface area contributed by atoms with Crippen LogP contribution in [0.3, 0.4) is 0 Å². The van der Waals surface area contributed by atoms with E-state index in [1.165, 1.54) is 19.1 Å². The topological polar surface area (TPSA) is 113 Å². The first-order chi connectivity index (χ1) is 12.5. The number of rotatable bonds is 8. The van der Waals surface area contributed by atoms with Crippen molar-refractivity contribution in [3.05, 3.63) is 92.0 Å². The van der Waals surface area contributed by atoms with Gasteiger partial charge in [-0.25, -0.2) is 4.79 Å². The zero-order valence-electron chi connectivity index (χ0n) is 14.1. The Morgan fingerprint density at radius 1 is 0.923 bits per heavy atom. The summed E-state index contributed by atoms with van der Waals surface area (Å²) in [7, 11) is 0. The molecule has 0 N–H and O–H groups in total. The quantitative estimate of drug-likeness (QED) is 0.407. The first-order valence-corrected chi connectivity index (χ1v) is 8.00. The standard InChI is InChI=1S/C18H18N2O6/c1-2-26-18(21)17(20(24)25)15(13-9-5-3-6-10-13)16(19(22)23)14-11-7-4-8-12-14/h3-12,15-17H,2H2,1H3. The summed E-state index contributed by atoms with van der Waals surface area (Å²) in [6.45, 7) is 1.47. The van der Waals surface area contributed by atoms with Gasteiger partial charge in [-0.2, -0.15) is 0 Å². The van der Waals surface area contributed by atoms with Crippen molar-refractivity contribution in [3.8, 4) is 0 Å². The lowest BCUT2D eigenvalue weighted by Gasteiger charge is -2.23. The van der Waals surface area contributed by atoms with Crippen molar-refractivity contribution in [1.29, 1.82) is 0 Å². The highest BCUT2D eigenvalue weighted by molar-refractivity contribution is 5.76. The number of carbonyl (C=O) groups excluding carboxylic acids is 1. The second-order valence-electron chi connectivity index (χ2n) is 5.56. The Hall–Kier alpha value is -3.29. The monoisotopic (exact) mass is 358 g/mol. The molecular formula is C18H18N2O6. The number of nitro groups is 2. The van der Waals surface area contributed by atoms with Crippen LogP contribution in [0.15, 0.2) is 60.7 Å². The molecule has 0 aliphatic heterocycles. The van der Waals surface area contributed by atoms with Gasteiger partial charge in [-0.3, -0.25) is 20.2 Å². The van der Waals surface area contributed by atoms with Gasteiger partial charge < -0.3 is 4.74 Å². The number of hydrogen-bond acceptors (Lipinski definition) is 6. The maximum Gasteiger partial charge on any atom is 0.382 e. The molecule has 3 unspecified atom stereocenters. The molecule has 0 saturated carbocycles. The summed E-state index contributed by atoms with van der Waals surface area (Å²) in [6, 6.07) is 12.6. The third-order valence-electron chi connectivity index (χ3n) is 3.99. The van der Waals surface area contributed by atoms with E-state index in [2.05, 4.69) is 0 Å². The molecule has 0 aliphatic rings. The second kappa shape index (κ2) is 8.70. The van der Waals surface area contributed by atoms with Crippen molar-refractivity contribution in [2.24, 2.45) is 0 Å². The molecule has 0 heterocycles. The Balaban J connectivity index is 2.64. The molecule has 26 heavy (non-hydrogen) atoms. The molecule has 0 spiro atoms. The largest absolute Gasteiger partial charge is 0.461 e. The van der Waals surface area contributed by atoms with Gasteiger partial charge in [0.25, 0.3) is 6.04 Å². The van der Waals surface area contributed by atoms with E-state index in [1.807, 2.05) is 0 Å². The highest BCUT2D eigenvalue weighted by Crippen LogP contribution is 2.37. The van der Waals surface area contributed by atoms with Gasteiger partial charge in [0.05, 0.1) is 6.61 Å². The van der Waals surface area contributed by atoms with Crippen LogP contribution >= 0.6 is 0 Å². The van der Waals surface area contributed by atoms with E-state index in [0.717, 1.165) is 0 Å². The number of nitrogens with zero attached hydrogens (tertiary/aromatic N) is 2. The second-order valence-corrected chi connectivity index (χ2v) is 5.56. The van der Waals surface area contributed by atoms with E-state index < -0.39 is 33.8 Å². The molecular weight excluding hydrogens is 340 g/mol. The fourth-order valence-electron chi connectivity index (χ4n) is 2.91.